The van der Waals surface area contributed by atoms with Crippen molar-refractivity contribution in [2.75, 3.05) is 4.90 Å². The number of benzene rings is 3. The number of aromatic nitrogens is 1. The highest BCUT2D eigenvalue weighted by Crippen LogP contribution is 2.55. The van der Waals surface area contributed by atoms with Crippen molar-refractivity contribution in [2.24, 2.45) is 5.92 Å². The van der Waals surface area contributed by atoms with Crippen LogP contribution in [0.25, 0.3) is 0 Å². The summed E-state index contributed by atoms with van der Waals surface area (Å²) in [6.07, 6.45) is -4.78. The molecule has 0 spiro atoms. The molecular weight excluding hydrogens is 665 g/mol. The third-order valence-corrected chi connectivity index (χ3v) is 10.0. The molecule has 4 aromatic rings. The monoisotopic (exact) mass is 680 g/mol. The van der Waals surface area contributed by atoms with Crippen molar-refractivity contribution in [3.05, 3.63) is 107 Å². The number of nitrogens with one attached hydrogen (secondary N) is 1. The van der Waals surface area contributed by atoms with E-state index >= 15 is 0 Å². The van der Waals surface area contributed by atoms with Crippen LogP contribution in [0.5, 0.6) is 5.75 Å². The second kappa shape index (κ2) is 10.6. The molecule has 41 heavy (non-hydrogen) atoms. The van der Waals surface area contributed by atoms with E-state index < -0.39 is 46.3 Å². The van der Waals surface area contributed by atoms with Crippen LogP contribution in [0, 0.1) is 5.92 Å². The molecule has 2 unspecified atom stereocenters. The zero-order chi connectivity index (χ0) is 29.1. The maximum Gasteiger partial charge on any atom is 0.418 e. The fourth-order valence-electron chi connectivity index (χ4n) is 5.13. The van der Waals surface area contributed by atoms with E-state index in [1.165, 1.54) is 12.1 Å². The van der Waals surface area contributed by atoms with E-state index in [1.54, 1.807) is 42.5 Å². The predicted molar refractivity (Wildman–Crippen MR) is 154 cm³/mol. The Balaban J connectivity index is 1.46. The largest absolute Gasteiger partial charge is 0.489 e. The number of halogens is 5. The Labute approximate surface area is 252 Å². The number of para-hydroxylation sites is 1. The van der Waals surface area contributed by atoms with Gasteiger partial charge in [-0.2, -0.15) is 13.2 Å². The van der Waals surface area contributed by atoms with Gasteiger partial charge in [0.1, 0.15) is 17.6 Å². The molecular formula is C28H17BrClF3N2O4S2. The lowest BCUT2D eigenvalue weighted by Gasteiger charge is -2.31. The van der Waals surface area contributed by atoms with Gasteiger partial charge < -0.3 is 9.72 Å². The van der Waals surface area contributed by atoms with E-state index in [1.807, 2.05) is 0 Å². The second-order valence-corrected chi connectivity index (χ2v) is 12.9. The third-order valence-electron chi connectivity index (χ3n) is 6.89. The Morgan fingerprint density at radius 2 is 1.73 bits per heavy atom. The van der Waals surface area contributed by atoms with E-state index in [0.717, 1.165) is 40.8 Å². The molecule has 1 fully saturated rings. The van der Waals surface area contributed by atoms with Gasteiger partial charge in [0.15, 0.2) is 0 Å². The molecule has 1 N–H and O–H groups in total. The van der Waals surface area contributed by atoms with Gasteiger partial charge in [-0.05, 0) is 48.0 Å². The first-order valence-electron chi connectivity index (χ1n) is 12.1. The molecule has 0 bridgehead atoms. The highest BCUT2D eigenvalue weighted by atomic mass is 79.9. The molecule has 0 radical (unpaired) electrons. The molecule has 3 atom stereocenters. The van der Waals surface area contributed by atoms with Gasteiger partial charge in [0.2, 0.25) is 11.8 Å². The van der Waals surface area contributed by atoms with Crippen LogP contribution in [0.4, 0.5) is 18.9 Å². The maximum absolute atomic E-state index is 14.0. The van der Waals surface area contributed by atoms with Crippen molar-refractivity contribution < 1.29 is 27.5 Å². The van der Waals surface area contributed by atoms with Crippen LogP contribution in [0.2, 0.25) is 5.02 Å². The number of H-pyrrole nitrogens is 1. The van der Waals surface area contributed by atoms with Gasteiger partial charge in [0, 0.05) is 25.9 Å². The highest BCUT2D eigenvalue weighted by molar-refractivity contribution is 9.10. The minimum absolute atomic E-state index is 0.162. The lowest BCUT2D eigenvalue weighted by atomic mass is 9.82. The van der Waals surface area contributed by atoms with E-state index in [0.29, 0.717) is 35.6 Å². The van der Waals surface area contributed by atoms with Crippen LogP contribution in [-0.2, 0) is 22.4 Å². The number of aromatic amines is 1. The van der Waals surface area contributed by atoms with Crippen LogP contribution in [0.3, 0.4) is 0 Å². The number of ether oxygens (including phenoxy) is 1. The first kappa shape index (κ1) is 28.1. The standard InChI is InChI=1S/C28H17BrClF3N2O4S2/c29-14-7-10-19(39-12-13-5-8-15(30)9-6-13)16(11-14)20-21-23(40-24-22(20)41-27(38)34-24)26(37)35(25(21)36)18-4-2-1-3-17(18)28(31,32)33/h1-11,20-21,23H,12H2,(H,34,38)/t20-,21?,23?/m1/s1. The van der Waals surface area contributed by atoms with Crippen LogP contribution >= 0.6 is 50.6 Å². The van der Waals surface area contributed by atoms with Crippen molar-refractivity contribution in [1.82, 2.24) is 4.98 Å². The van der Waals surface area contributed by atoms with Crippen molar-refractivity contribution in [3.8, 4) is 5.75 Å². The number of carbonyl (C=O) groups is 2. The minimum atomic E-state index is -4.78. The Kier molecular flexibility index (Phi) is 7.29. The first-order chi connectivity index (χ1) is 19.5. The lowest BCUT2D eigenvalue weighted by molar-refractivity contribution is -0.137. The summed E-state index contributed by atoms with van der Waals surface area (Å²) in [5.74, 6) is -3.07. The Hall–Kier alpha value is -3.06. The number of thiazole rings is 1. The molecule has 210 valence electrons. The van der Waals surface area contributed by atoms with Gasteiger partial charge in [-0.15, -0.1) is 0 Å². The number of carbonyl (C=O) groups excluding carboxylic acids is 2. The van der Waals surface area contributed by atoms with Crippen molar-refractivity contribution in [2.45, 2.75) is 29.0 Å². The lowest BCUT2D eigenvalue weighted by Crippen LogP contribution is -2.33. The molecule has 6 nitrogen and oxygen atoms in total. The average molecular weight is 682 g/mol. The number of fused-ring (bicyclic) bond motifs is 2. The number of imide groups is 1. The smallest absolute Gasteiger partial charge is 0.418 e. The van der Waals surface area contributed by atoms with Crippen molar-refractivity contribution in [1.29, 1.82) is 0 Å². The molecule has 6 rings (SSSR count). The number of nitrogens with zero attached hydrogens (tertiary/aromatic N) is 1. The zero-order valence-corrected chi connectivity index (χ0v) is 24.6. The fraction of sp³-hybridized carbons (Fsp3) is 0.179. The molecule has 1 saturated heterocycles. The summed E-state index contributed by atoms with van der Waals surface area (Å²) < 4.78 is 48.5. The molecule has 0 saturated carbocycles. The molecule has 0 aliphatic carbocycles. The number of amides is 2. The van der Waals surface area contributed by atoms with Crippen LogP contribution in [0.15, 0.2) is 81.0 Å². The number of alkyl halides is 3. The van der Waals surface area contributed by atoms with Gasteiger partial charge in [-0.1, -0.05) is 74.9 Å². The van der Waals surface area contributed by atoms with Gasteiger partial charge in [-0.25, -0.2) is 4.90 Å². The first-order valence-corrected chi connectivity index (χ1v) is 15.0. The fourth-order valence-corrected chi connectivity index (χ4v) is 8.14. The molecule has 3 heterocycles. The van der Waals surface area contributed by atoms with Crippen LogP contribution in [0.1, 0.15) is 27.5 Å². The summed E-state index contributed by atoms with van der Waals surface area (Å²) in [5.41, 5.74) is -0.254. The third kappa shape index (κ3) is 5.11. The number of hydrogen-bond donors (Lipinski definition) is 1. The van der Waals surface area contributed by atoms with Gasteiger partial charge in [-0.3, -0.25) is 14.4 Å². The highest BCUT2D eigenvalue weighted by Gasteiger charge is 2.57. The molecule has 2 aliphatic heterocycles. The topological polar surface area (TPSA) is 79.5 Å². The van der Waals surface area contributed by atoms with E-state index in [9.17, 15) is 27.6 Å². The quantitative estimate of drug-likeness (QED) is 0.225. The normalized spacial score (nSPS) is 20.2. The van der Waals surface area contributed by atoms with Gasteiger partial charge in [0.25, 0.3) is 0 Å². The van der Waals surface area contributed by atoms with Gasteiger partial charge >= 0.3 is 11.0 Å². The number of rotatable bonds is 5. The molecule has 13 heteroatoms. The number of hydrogen-bond acceptors (Lipinski definition) is 6. The van der Waals surface area contributed by atoms with Crippen molar-refractivity contribution in [3.63, 3.8) is 0 Å². The summed E-state index contributed by atoms with van der Waals surface area (Å²) in [5, 5.41) is -0.0867. The van der Waals surface area contributed by atoms with Gasteiger partial charge in [0.05, 0.1) is 22.2 Å². The minimum Gasteiger partial charge on any atom is -0.489 e. The number of thioether (sulfide) groups is 1. The van der Waals surface area contributed by atoms with E-state index in [-0.39, 0.29) is 11.5 Å². The van der Waals surface area contributed by atoms with E-state index in [2.05, 4.69) is 20.9 Å². The maximum atomic E-state index is 14.0. The molecule has 2 aliphatic rings. The molecule has 1 aromatic heterocycles. The average Bonchev–Trinajstić information content (AvgIpc) is 3.42. The summed E-state index contributed by atoms with van der Waals surface area (Å²) in [6.45, 7) is 0.162. The summed E-state index contributed by atoms with van der Waals surface area (Å²) in [7, 11) is 0. The molecule has 2 amide bonds. The second-order valence-electron chi connectivity index (χ2n) is 9.37. The summed E-state index contributed by atoms with van der Waals surface area (Å²) in [4.78, 5) is 43.7. The van der Waals surface area contributed by atoms with Crippen LogP contribution in [-0.4, -0.2) is 22.0 Å². The Bertz CT molecular complexity index is 1740. The summed E-state index contributed by atoms with van der Waals surface area (Å²) in [6, 6.07) is 16.8. The number of anilines is 1. The molecule has 3 aromatic carbocycles. The van der Waals surface area contributed by atoms with Crippen LogP contribution < -0.4 is 14.5 Å². The van der Waals surface area contributed by atoms with E-state index in [4.69, 9.17) is 16.3 Å². The Morgan fingerprint density at radius 1 is 1.00 bits per heavy atom. The predicted octanol–water partition coefficient (Wildman–Crippen LogP) is 7.25. The zero-order valence-electron chi connectivity index (χ0n) is 20.6. The Morgan fingerprint density at radius 3 is 2.46 bits per heavy atom. The summed E-state index contributed by atoms with van der Waals surface area (Å²) >= 11 is 11.3. The SMILES string of the molecule is O=C1C2Sc3[nH]c(=O)sc3[C@H](c3cc(Br)ccc3OCc3ccc(Cl)cc3)C2C(=O)N1c1ccccc1C(F)(F)F. The van der Waals surface area contributed by atoms with Crippen molar-refractivity contribution >= 4 is 68.1 Å².